The van der Waals surface area contributed by atoms with Crippen LogP contribution in [-0.2, 0) is 7.05 Å². The second-order valence-electron chi connectivity index (χ2n) is 6.34. The molecule has 1 atom stereocenters. The zero-order valence-corrected chi connectivity index (χ0v) is 17.3. The second-order valence-corrected chi connectivity index (χ2v) is 7.81. The van der Waals surface area contributed by atoms with E-state index < -0.39 is 5.97 Å². The van der Waals surface area contributed by atoms with Crippen LogP contribution in [-0.4, -0.2) is 43.4 Å². The Labute approximate surface area is 175 Å². The number of nitrogens with two attached hydrogens (primary N) is 1. The number of benzene rings is 2. The highest BCUT2D eigenvalue weighted by Crippen LogP contribution is 2.30. The number of carbonyl (C=O) groups is 1. The summed E-state index contributed by atoms with van der Waals surface area (Å²) in [6.45, 7) is 2.01. The summed E-state index contributed by atoms with van der Waals surface area (Å²) in [5.74, 6) is -0.377. The van der Waals surface area contributed by atoms with Gasteiger partial charge in [0.05, 0.1) is 32.9 Å². The Morgan fingerprint density at radius 1 is 1.28 bits per heavy atom. The Bertz CT molecular complexity index is 1170. The summed E-state index contributed by atoms with van der Waals surface area (Å²) in [6.07, 6.45) is -0.338. The number of rotatable bonds is 4. The van der Waals surface area contributed by atoms with Crippen LogP contribution in [0.5, 0.6) is 0 Å². The van der Waals surface area contributed by atoms with E-state index in [2.05, 4.69) is 15.3 Å². The molecule has 2 aromatic heterocycles. The number of aromatic nitrogens is 3. The number of aryl methyl sites for hydroxylation is 1. The molecular weight excluding hydrogens is 414 g/mol. The largest absolute Gasteiger partial charge is 0.478 e. The zero-order valence-electron chi connectivity index (χ0n) is 15.8. The van der Waals surface area contributed by atoms with Gasteiger partial charge in [0.1, 0.15) is 0 Å². The molecule has 0 aliphatic rings. The van der Waals surface area contributed by atoms with E-state index in [4.69, 9.17) is 27.5 Å². The van der Waals surface area contributed by atoms with Gasteiger partial charge in [-0.1, -0.05) is 22.9 Å². The maximum absolute atomic E-state index is 11.1. The van der Waals surface area contributed by atoms with Crippen molar-refractivity contribution in [3.63, 3.8) is 0 Å². The average molecular weight is 434 g/mol. The number of carboxylic acids is 1. The van der Waals surface area contributed by atoms with Crippen LogP contribution in [0.15, 0.2) is 36.4 Å². The fourth-order valence-corrected chi connectivity index (χ4v) is 3.63. The summed E-state index contributed by atoms with van der Waals surface area (Å²) in [7, 11) is 1.86. The Hall–Kier alpha value is -2.72. The highest BCUT2D eigenvalue weighted by atomic mass is 35.5. The molecule has 4 rings (SSSR count). The Morgan fingerprint density at radius 3 is 2.66 bits per heavy atom. The minimum Gasteiger partial charge on any atom is -0.478 e. The standard InChI is InChI=1S/C16H11ClN4O2S.C3H9NO/c1-21-12-5-2-8(14(22)23)6-11(12)18-15(21)20-16-19-10-4-3-9(17)7-13(10)24-16;1-3(5)2-4/h2-7H,1H3,(H,22,23)(H,18,19,20);3,5H,2,4H2,1H3. The summed E-state index contributed by atoms with van der Waals surface area (Å²) in [6, 6.07) is 10.4. The van der Waals surface area contributed by atoms with Crippen molar-refractivity contribution in [2.75, 3.05) is 11.9 Å². The lowest BCUT2D eigenvalue weighted by molar-refractivity contribution is 0.0697. The van der Waals surface area contributed by atoms with Gasteiger partial charge in [0.2, 0.25) is 5.95 Å². The number of nitrogens with zero attached hydrogens (tertiary/aromatic N) is 3. The summed E-state index contributed by atoms with van der Waals surface area (Å²) in [5.41, 5.74) is 7.45. The van der Waals surface area contributed by atoms with Gasteiger partial charge >= 0.3 is 5.97 Å². The number of aliphatic hydroxyl groups is 1. The number of anilines is 2. The van der Waals surface area contributed by atoms with Gasteiger partial charge < -0.3 is 25.8 Å². The number of thiazole rings is 1. The molecule has 1 unspecified atom stereocenters. The van der Waals surface area contributed by atoms with E-state index in [0.717, 1.165) is 15.7 Å². The lowest BCUT2D eigenvalue weighted by Gasteiger charge is -2.02. The van der Waals surface area contributed by atoms with Crippen LogP contribution in [0.1, 0.15) is 17.3 Å². The first-order valence-electron chi connectivity index (χ1n) is 8.69. The van der Waals surface area contributed by atoms with Gasteiger partial charge in [-0.15, -0.1) is 0 Å². The van der Waals surface area contributed by atoms with Gasteiger partial charge in [-0.3, -0.25) is 0 Å². The number of aliphatic hydroxyl groups excluding tert-OH is 1. The van der Waals surface area contributed by atoms with Crippen LogP contribution in [0, 0.1) is 0 Å². The maximum atomic E-state index is 11.1. The molecule has 2 aromatic carbocycles. The van der Waals surface area contributed by atoms with Crippen LogP contribution in [0.3, 0.4) is 0 Å². The Morgan fingerprint density at radius 2 is 2.00 bits per heavy atom. The smallest absolute Gasteiger partial charge is 0.335 e. The zero-order chi connectivity index (χ0) is 21.1. The Kier molecular flexibility index (Phi) is 6.33. The lowest BCUT2D eigenvalue weighted by atomic mass is 10.2. The van der Waals surface area contributed by atoms with Gasteiger partial charge in [-0.25, -0.2) is 14.8 Å². The molecule has 0 spiro atoms. The highest BCUT2D eigenvalue weighted by molar-refractivity contribution is 7.22. The number of hydrogen-bond donors (Lipinski definition) is 4. The fraction of sp³-hybridized carbons (Fsp3) is 0.211. The van der Waals surface area contributed by atoms with Gasteiger partial charge in [0.25, 0.3) is 0 Å². The minimum atomic E-state index is -0.972. The lowest BCUT2D eigenvalue weighted by Crippen LogP contribution is -2.14. The first-order valence-corrected chi connectivity index (χ1v) is 9.89. The third kappa shape index (κ3) is 4.83. The van der Waals surface area contributed by atoms with E-state index in [1.807, 2.05) is 23.7 Å². The number of aromatic carboxylic acids is 1. The molecule has 0 aliphatic carbocycles. The summed E-state index contributed by atoms with van der Waals surface area (Å²) < 4.78 is 2.84. The van der Waals surface area contributed by atoms with Crippen molar-refractivity contribution in [2.24, 2.45) is 12.8 Å². The summed E-state index contributed by atoms with van der Waals surface area (Å²) >= 11 is 7.48. The van der Waals surface area contributed by atoms with Crippen LogP contribution >= 0.6 is 22.9 Å². The molecule has 4 aromatic rings. The minimum absolute atomic E-state index is 0.210. The second kappa shape index (κ2) is 8.75. The van der Waals surface area contributed by atoms with E-state index in [9.17, 15) is 4.79 Å². The van der Waals surface area contributed by atoms with E-state index >= 15 is 0 Å². The predicted molar refractivity (Wildman–Crippen MR) is 116 cm³/mol. The van der Waals surface area contributed by atoms with Crippen LogP contribution < -0.4 is 11.1 Å². The first kappa shape index (κ1) is 21.0. The number of imidazole rings is 1. The average Bonchev–Trinajstić information content (AvgIpc) is 3.22. The normalized spacial score (nSPS) is 11.9. The monoisotopic (exact) mass is 433 g/mol. The SMILES string of the molecule is CC(O)CN.Cn1c(Nc2nc3ccc(Cl)cc3s2)nc2cc(C(=O)O)ccc21. The van der Waals surface area contributed by atoms with Crippen LogP contribution in [0.2, 0.25) is 5.02 Å². The molecule has 29 heavy (non-hydrogen) atoms. The highest BCUT2D eigenvalue weighted by Gasteiger charge is 2.13. The van der Waals surface area contributed by atoms with Gasteiger partial charge in [0.15, 0.2) is 5.13 Å². The molecule has 5 N–H and O–H groups in total. The molecular formula is C19H20ClN5O3S. The molecule has 2 heterocycles. The summed E-state index contributed by atoms with van der Waals surface area (Å²) in [4.78, 5) is 20.1. The van der Waals surface area contributed by atoms with E-state index in [1.54, 1.807) is 31.2 Å². The third-order valence-electron chi connectivity index (χ3n) is 4.04. The molecule has 8 nitrogen and oxygen atoms in total. The molecule has 0 bridgehead atoms. The van der Waals surface area contributed by atoms with Crippen LogP contribution in [0.25, 0.3) is 21.3 Å². The molecule has 0 amide bonds. The van der Waals surface area contributed by atoms with Crippen molar-refractivity contribution in [2.45, 2.75) is 13.0 Å². The van der Waals surface area contributed by atoms with Gasteiger partial charge in [-0.2, -0.15) is 0 Å². The summed E-state index contributed by atoms with van der Waals surface area (Å²) in [5, 5.41) is 21.9. The van der Waals surface area contributed by atoms with Crippen molar-refractivity contribution in [3.8, 4) is 0 Å². The Balaban J connectivity index is 0.000000431. The number of carboxylic acid groups (broad SMARTS) is 1. The molecule has 10 heteroatoms. The number of nitrogens with one attached hydrogen (secondary N) is 1. The number of fused-ring (bicyclic) bond motifs is 2. The maximum Gasteiger partial charge on any atom is 0.335 e. The third-order valence-corrected chi connectivity index (χ3v) is 5.21. The van der Waals surface area contributed by atoms with Gasteiger partial charge in [-0.05, 0) is 43.3 Å². The van der Waals surface area contributed by atoms with E-state index in [1.165, 1.54) is 11.3 Å². The van der Waals surface area contributed by atoms with Crippen molar-refractivity contribution < 1.29 is 15.0 Å². The molecule has 0 fully saturated rings. The van der Waals surface area contributed by atoms with E-state index in [-0.39, 0.29) is 11.7 Å². The molecule has 0 radical (unpaired) electrons. The number of hydrogen-bond acceptors (Lipinski definition) is 7. The first-order chi connectivity index (χ1) is 13.8. The van der Waals surface area contributed by atoms with Crippen molar-refractivity contribution in [3.05, 3.63) is 47.0 Å². The predicted octanol–water partition coefficient (Wildman–Crippen LogP) is 3.60. The molecule has 0 saturated heterocycles. The number of halogens is 1. The van der Waals surface area contributed by atoms with Gasteiger partial charge in [0, 0.05) is 18.6 Å². The van der Waals surface area contributed by atoms with Crippen molar-refractivity contribution in [1.29, 1.82) is 0 Å². The quantitative estimate of drug-likeness (QED) is 0.387. The van der Waals surface area contributed by atoms with Crippen molar-refractivity contribution >= 4 is 61.2 Å². The van der Waals surface area contributed by atoms with Crippen LogP contribution in [0.4, 0.5) is 11.1 Å². The molecule has 0 aliphatic heterocycles. The van der Waals surface area contributed by atoms with E-state index in [0.29, 0.717) is 28.2 Å². The topological polar surface area (TPSA) is 126 Å². The fourth-order valence-electron chi connectivity index (χ4n) is 2.49. The van der Waals surface area contributed by atoms with Crippen molar-refractivity contribution in [1.82, 2.24) is 14.5 Å². The molecule has 0 saturated carbocycles. The molecule has 152 valence electrons.